The van der Waals surface area contributed by atoms with Crippen molar-refractivity contribution in [1.29, 1.82) is 0 Å². The molecule has 9 nitrogen and oxygen atoms in total. The number of benzene rings is 1. The molecule has 1 fully saturated rings. The molecular weight excluding hydrogens is 398 g/mol. The maximum atomic E-state index is 13.2. The molecule has 0 unspecified atom stereocenters. The molecule has 31 heavy (non-hydrogen) atoms. The molecule has 3 heterocycles. The van der Waals surface area contributed by atoms with Crippen molar-refractivity contribution >= 4 is 23.2 Å². The molecule has 2 aromatic heterocycles. The number of methoxy groups -OCH3 is 1. The molecular formula is C22H23N5O4. The summed E-state index contributed by atoms with van der Waals surface area (Å²) in [6, 6.07) is 13.3. The molecule has 0 aliphatic carbocycles. The Morgan fingerprint density at radius 2 is 1.71 bits per heavy atom. The molecule has 0 saturated carbocycles. The number of carbonyl (C=O) groups is 2. The Hall–Kier alpha value is -3.75. The highest BCUT2D eigenvalue weighted by Gasteiger charge is 2.28. The van der Waals surface area contributed by atoms with Crippen LogP contribution < -0.4 is 5.56 Å². The van der Waals surface area contributed by atoms with Crippen LogP contribution >= 0.6 is 0 Å². The van der Waals surface area contributed by atoms with Gasteiger partial charge in [-0.2, -0.15) is 0 Å². The molecule has 0 radical (unpaired) electrons. The largest absolute Gasteiger partial charge is 0.453 e. The van der Waals surface area contributed by atoms with Gasteiger partial charge in [0.15, 0.2) is 11.3 Å². The summed E-state index contributed by atoms with van der Waals surface area (Å²) >= 11 is 0. The number of amides is 2. The predicted octanol–water partition coefficient (Wildman–Crippen LogP) is 1.56. The Bertz CT molecular complexity index is 1150. The van der Waals surface area contributed by atoms with Crippen molar-refractivity contribution in [2.75, 3.05) is 33.3 Å². The molecule has 1 aliphatic heterocycles. The highest BCUT2D eigenvalue weighted by Crippen LogP contribution is 2.12. The van der Waals surface area contributed by atoms with Gasteiger partial charge in [0.25, 0.3) is 11.5 Å². The maximum absolute atomic E-state index is 13.2. The third kappa shape index (κ3) is 4.25. The van der Waals surface area contributed by atoms with E-state index in [1.807, 2.05) is 30.3 Å². The van der Waals surface area contributed by atoms with E-state index in [2.05, 4.69) is 9.97 Å². The van der Waals surface area contributed by atoms with E-state index in [0.29, 0.717) is 50.3 Å². The van der Waals surface area contributed by atoms with E-state index in [-0.39, 0.29) is 5.69 Å². The highest BCUT2D eigenvalue weighted by atomic mass is 16.5. The van der Waals surface area contributed by atoms with Crippen molar-refractivity contribution in [3.8, 4) is 0 Å². The topological polar surface area (TPSA) is 97.6 Å². The van der Waals surface area contributed by atoms with E-state index in [0.717, 1.165) is 5.56 Å². The summed E-state index contributed by atoms with van der Waals surface area (Å²) in [4.78, 5) is 49.8. The average Bonchev–Trinajstić information content (AvgIpc) is 2.83. The maximum Gasteiger partial charge on any atom is 0.409 e. The molecule has 1 aromatic carbocycles. The minimum absolute atomic E-state index is 0.125. The molecule has 0 atom stereocenters. The van der Waals surface area contributed by atoms with Crippen molar-refractivity contribution in [1.82, 2.24) is 24.3 Å². The fourth-order valence-electron chi connectivity index (χ4n) is 3.68. The molecule has 2 amide bonds. The van der Waals surface area contributed by atoms with Crippen LogP contribution in [0.3, 0.4) is 0 Å². The molecule has 9 heteroatoms. The first-order valence-corrected chi connectivity index (χ1v) is 10.1. The van der Waals surface area contributed by atoms with Crippen LogP contribution in [0.2, 0.25) is 0 Å². The lowest BCUT2D eigenvalue weighted by Crippen LogP contribution is -2.51. The van der Waals surface area contributed by atoms with E-state index in [1.165, 1.54) is 16.6 Å². The number of fused-ring (bicyclic) bond motifs is 1. The number of nitrogens with zero attached hydrogens (tertiary/aromatic N) is 5. The standard InChI is InChI=1S/C22H23N5O4/c1-31-22(30)26-14-12-25(13-15-26)20(28)18-21(29)27(11-9-16-6-3-2-4-7-16)19-17(24-18)8-5-10-23-19/h2-8,10H,9,11-15H2,1H3. The first-order chi connectivity index (χ1) is 15.1. The average molecular weight is 421 g/mol. The molecule has 0 spiro atoms. The van der Waals surface area contributed by atoms with Crippen LogP contribution in [-0.2, 0) is 17.7 Å². The van der Waals surface area contributed by atoms with Crippen molar-refractivity contribution in [3.63, 3.8) is 0 Å². The predicted molar refractivity (Wildman–Crippen MR) is 114 cm³/mol. The number of hydrogen-bond donors (Lipinski definition) is 0. The summed E-state index contributed by atoms with van der Waals surface area (Å²) in [6.07, 6.45) is 1.81. The Morgan fingerprint density at radius 3 is 2.42 bits per heavy atom. The Balaban J connectivity index is 1.62. The SMILES string of the molecule is COC(=O)N1CCN(C(=O)c2nc3cccnc3n(CCc3ccccc3)c2=O)CC1. The van der Waals surface area contributed by atoms with Crippen LogP contribution in [0.25, 0.3) is 11.2 Å². The van der Waals surface area contributed by atoms with Gasteiger partial charge in [-0.3, -0.25) is 14.2 Å². The molecule has 0 bridgehead atoms. The van der Waals surface area contributed by atoms with E-state index in [4.69, 9.17) is 4.74 Å². The number of aromatic nitrogens is 3. The second-order valence-electron chi connectivity index (χ2n) is 7.25. The van der Waals surface area contributed by atoms with E-state index in [9.17, 15) is 14.4 Å². The smallest absolute Gasteiger partial charge is 0.409 e. The quantitative estimate of drug-likeness (QED) is 0.634. The zero-order valence-electron chi connectivity index (χ0n) is 17.2. The minimum Gasteiger partial charge on any atom is -0.453 e. The van der Waals surface area contributed by atoms with Gasteiger partial charge < -0.3 is 14.5 Å². The first-order valence-electron chi connectivity index (χ1n) is 10.1. The van der Waals surface area contributed by atoms with Gasteiger partial charge in [0.2, 0.25) is 0 Å². The number of rotatable bonds is 4. The van der Waals surface area contributed by atoms with E-state index >= 15 is 0 Å². The lowest BCUT2D eigenvalue weighted by Gasteiger charge is -2.33. The number of pyridine rings is 1. The zero-order valence-corrected chi connectivity index (χ0v) is 17.2. The number of ether oxygens (including phenoxy) is 1. The van der Waals surface area contributed by atoms with Gasteiger partial charge in [-0.25, -0.2) is 14.8 Å². The molecule has 3 aromatic rings. The Labute approximate surface area is 178 Å². The Morgan fingerprint density at radius 1 is 1.00 bits per heavy atom. The number of hydrogen-bond acceptors (Lipinski definition) is 6. The van der Waals surface area contributed by atoms with Gasteiger partial charge in [-0.05, 0) is 24.1 Å². The number of aryl methyl sites for hydroxylation is 2. The highest BCUT2D eigenvalue weighted by molar-refractivity contribution is 5.93. The fourth-order valence-corrected chi connectivity index (χ4v) is 3.68. The van der Waals surface area contributed by atoms with Crippen LogP contribution in [0.15, 0.2) is 53.5 Å². The summed E-state index contributed by atoms with van der Waals surface area (Å²) in [6.45, 7) is 1.69. The molecule has 0 N–H and O–H groups in total. The lowest BCUT2D eigenvalue weighted by molar-refractivity contribution is 0.0593. The summed E-state index contributed by atoms with van der Waals surface area (Å²) < 4.78 is 6.25. The summed E-state index contributed by atoms with van der Waals surface area (Å²) in [5, 5.41) is 0. The first kappa shape index (κ1) is 20.5. The van der Waals surface area contributed by atoms with Crippen molar-refractivity contribution < 1.29 is 14.3 Å². The number of carbonyl (C=O) groups excluding carboxylic acids is 2. The van der Waals surface area contributed by atoms with E-state index < -0.39 is 17.6 Å². The van der Waals surface area contributed by atoms with Gasteiger partial charge in [0, 0.05) is 38.9 Å². The Kier molecular flexibility index (Phi) is 5.92. The number of piperazine rings is 1. The minimum atomic E-state index is -0.456. The van der Waals surface area contributed by atoms with Crippen LogP contribution in [-0.4, -0.2) is 69.6 Å². The van der Waals surface area contributed by atoms with Crippen LogP contribution in [0, 0.1) is 0 Å². The van der Waals surface area contributed by atoms with Gasteiger partial charge in [0.05, 0.1) is 7.11 Å². The third-order valence-corrected chi connectivity index (χ3v) is 5.37. The molecule has 4 rings (SSSR count). The van der Waals surface area contributed by atoms with Gasteiger partial charge >= 0.3 is 6.09 Å². The van der Waals surface area contributed by atoms with Crippen molar-refractivity contribution in [2.45, 2.75) is 13.0 Å². The normalized spacial score (nSPS) is 14.0. The lowest BCUT2D eigenvalue weighted by atomic mass is 10.1. The van der Waals surface area contributed by atoms with Crippen LogP contribution in [0.5, 0.6) is 0 Å². The summed E-state index contributed by atoms with van der Waals surface area (Å²) in [5.41, 5.74) is 1.45. The third-order valence-electron chi connectivity index (χ3n) is 5.37. The van der Waals surface area contributed by atoms with Gasteiger partial charge in [-0.15, -0.1) is 0 Å². The molecule has 160 valence electrons. The van der Waals surface area contributed by atoms with Crippen molar-refractivity contribution in [2.24, 2.45) is 0 Å². The fraction of sp³-hybridized carbons (Fsp3) is 0.318. The van der Waals surface area contributed by atoms with Gasteiger partial charge in [0.1, 0.15) is 5.52 Å². The van der Waals surface area contributed by atoms with Crippen LogP contribution in [0.4, 0.5) is 4.79 Å². The summed E-state index contributed by atoms with van der Waals surface area (Å²) in [5.74, 6) is -0.436. The van der Waals surface area contributed by atoms with Crippen molar-refractivity contribution in [3.05, 3.63) is 70.3 Å². The van der Waals surface area contributed by atoms with E-state index in [1.54, 1.807) is 23.2 Å². The zero-order chi connectivity index (χ0) is 21.8. The molecule has 1 aliphatic rings. The van der Waals surface area contributed by atoms with Gasteiger partial charge in [-0.1, -0.05) is 30.3 Å². The second kappa shape index (κ2) is 8.95. The second-order valence-corrected chi connectivity index (χ2v) is 7.25. The summed E-state index contributed by atoms with van der Waals surface area (Å²) in [7, 11) is 1.32. The van der Waals surface area contributed by atoms with Crippen LogP contribution in [0.1, 0.15) is 16.1 Å². The molecule has 1 saturated heterocycles. The monoisotopic (exact) mass is 421 g/mol.